The third-order valence-electron chi connectivity index (χ3n) is 0.614. The molecule has 0 saturated carbocycles. The largest absolute Gasteiger partial charge is 0.215 e. The van der Waals surface area contributed by atoms with Gasteiger partial charge in [0.15, 0.2) is 0 Å². The van der Waals surface area contributed by atoms with Crippen LogP contribution in [0.25, 0.3) is 0 Å². The van der Waals surface area contributed by atoms with Crippen LogP contribution in [0.5, 0.6) is 0 Å². The monoisotopic (exact) mass is 167 g/mol. The van der Waals surface area contributed by atoms with Gasteiger partial charge in [0.1, 0.15) is 0 Å². The first-order valence-electron chi connectivity index (χ1n) is 3.51. The Morgan fingerprint density at radius 1 is 1.30 bits per heavy atom. The van der Waals surface area contributed by atoms with Crippen molar-refractivity contribution in [3.8, 4) is 0 Å². The molecule has 0 aromatic heterocycles. The van der Waals surface area contributed by atoms with Crippen molar-refractivity contribution < 1.29 is 8.42 Å². The molecule has 0 unspecified atom stereocenters. The third-order valence-corrected chi connectivity index (χ3v) is 1.34. The molecule has 0 heterocycles. The maximum absolute atomic E-state index is 10.3. The first-order chi connectivity index (χ1) is 4.56. The lowest BCUT2D eigenvalue weighted by molar-refractivity contribution is 0.587. The van der Waals surface area contributed by atoms with Crippen LogP contribution in [-0.2, 0) is 10.0 Å². The standard InChI is InChI=1S/C4H11NO2S.C2H6/c1-3-4-5-8(2,6)7;1-2/h5H,3-4H2,1-2H3;1-2H3. The highest BCUT2D eigenvalue weighted by Gasteiger charge is 1.94. The zero-order chi connectivity index (χ0) is 8.62. The van der Waals surface area contributed by atoms with Gasteiger partial charge in [-0.15, -0.1) is 0 Å². The van der Waals surface area contributed by atoms with Gasteiger partial charge in [0.2, 0.25) is 10.0 Å². The Balaban J connectivity index is 0. The summed E-state index contributed by atoms with van der Waals surface area (Å²) < 4.78 is 22.9. The second kappa shape index (κ2) is 7.02. The Morgan fingerprint density at radius 2 is 1.70 bits per heavy atom. The molecule has 0 aromatic carbocycles. The molecule has 0 radical (unpaired) electrons. The molecule has 0 aliphatic carbocycles. The molecule has 0 saturated heterocycles. The van der Waals surface area contributed by atoms with E-state index in [-0.39, 0.29) is 0 Å². The summed E-state index contributed by atoms with van der Waals surface area (Å²) in [5.41, 5.74) is 0. The van der Waals surface area contributed by atoms with E-state index in [1.807, 2.05) is 20.8 Å². The molecule has 1 N–H and O–H groups in total. The van der Waals surface area contributed by atoms with Crippen LogP contribution >= 0.6 is 0 Å². The molecule has 0 fully saturated rings. The van der Waals surface area contributed by atoms with E-state index in [0.29, 0.717) is 6.54 Å². The zero-order valence-electron chi connectivity index (χ0n) is 7.14. The minimum atomic E-state index is -2.94. The SMILES string of the molecule is CC.CCCNS(C)(=O)=O. The molecule has 4 heteroatoms. The van der Waals surface area contributed by atoms with Crippen LogP contribution < -0.4 is 4.72 Å². The lowest BCUT2D eigenvalue weighted by Crippen LogP contribution is -2.22. The van der Waals surface area contributed by atoms with Crippen LogP contribution in [0.15, 0.2) is 0 Å². The lowest BCUT2D eigenvalue weighted by Gasteiger charge is -1.95. The molecular weight excluding hydrogens is 150 g/mol. The fourth-order valence-electron chi connectivity index (χ4n) is 0.287. The van der Waals surface area contributed by atoms with E-state index in [2.05, 4.69) is 4.72 Å². The fourth-order valence-corrected chi connectivity index (χ4v) is 0.862. The van der Waals surface area contributed by atoms with Crippen molar-refractivity contribution in [3.05, 3.63) is 0 Å². The molecule has 0 rings (SSSR count). The molecule has 0 aromatic rings. The van der Waals surface area contributed by atoms with Gasteiger partial charge in [-0.25, -0.2) is 13.1 Å². The van der Waals surface area contributed by atoms with Crippen molar-refractivity contribution >= 4 is 10.0 Å². The van der Waals surface area contributed by atoms with Crippen molar-refractivity contribution in [2.45, 2.75) is 27.2 Å². The van der Waals surface area contributed by atoms with E-state index in [9.17, 15) is 8.42 Å². The smallest absolute Gasteiger partial charge is 0.208 e. The van der Waals surface area contributed by atoms with Gasteiger partial charge in [-0.1, -0.05) is 20.8 Å². The molecule has 0 bridgehead atoms. The van der Waals surface area contributed by atoms with E-state index in [4.69, 9.17) is 0 Å². The quantitative estimate of drug-likeness (QED) is 0.681. The van der Waals surface area contributed by atoms with E-state index in [1.165, 1.54) is 0 Å². The molecule has 64 valence electrons. The Kier molecular flexibility index (Phi) is 8.83. The molecule has 0 amide bonds. The Morgan fingerprint density at radius 3 is 1.80 bits per heavy atom. The fraction of sp³-hybridized carbons (Fsp3) is 1.00. The topological polar surface area (TPSA) is 46.2 Å². The summed E-state index contributed by atoms with van der Waals surface area (Å²) in [5.74, 6) is 0. The van der Waals surface area contributed by atoms with Crippen molar-refractivity contribution in [1.29, 1.82) is 0 Å². The van der Waals surface area contributed by atoms with Gasteiger partial charge < -0.3 is 0 Å². The van der Waals surface area contributed by atoms with Crippen molar-refractivity contribution in [2.75, 3.05) is 12.8 Å². The summed E-state index contributed by atoms with van der Waals surface area (Å²) in [6.07, 6.45) is 2.00. The minimum Gasteiger partial charge on any atom is -0.215 e. The number of nitrogens with one attached hydrogen (secondary N) is 1. The Bertz CT molecular complexity index is 140. The first kappa shape index (κ1) is 12.6. The zero-order valence-corrected chi connectivity index (χ0v) is 7.96. The second-order valence-electron chi connectivity index (χ2n) is 1.67. The van der Waals surface area contributed by atoms with Crippen molar-refractivity contribution in [1.82, 2.24) is 4.72 Å². The number of hydrogen-bond donors (Lipinski definition) is 1. The molecule has 3 nitrogen and oxygen atoms in total. The van der Waals surface area contributed by atoms with Gasteiger partial charge in [0, 0.05) is 6.54 Å². The Labute approximate surface area is 63.9 Å². The van der Waals surface area contributed by atoms with Gasteiger partial charge >= 0.3 is 0 Å². The van der Waals surface area contributed by atoms with Crippen LogP contribution in [0, 0.1) is 0 Å². The van der Waals surface area contributed by atoms with Crippen molar-refractivity contribution in [3.63, 3.8) is 0 Å². The van der Waals surface area contributed by atoms with Crippen LogP contribution in [0.2, 0.25) is 0 Å². The summed E-state index contributed by atoms with van der Waals surface area (Å²) in [6, 6.07) is 0. The number of rotatable bonds is 3. The summed E-state index contributed by atoms with van der Waals surface area (Å²) in [6.45, 7) is 6.46. The van der Waals surface area contributed by atoms with E-state index < -0.39 is 10.0 Å². The average molecular weight is 167 g/mol. The normalized spacial score (nSPS) is 10.0. The maximum Gasteiger partial charge on any atom is 0.208 e. The predicted molar refractivity (Wildman–Crippen MR) is 44.5 cm³/mol. The minimum absolute atomic E-state index is 0.541. The van der Waals surface area contributed by atoms with Gasteiger partial charge in [0.25, 0.3) is 0 Å². The molecule has 0 aliphatic rings. The molecule has 0 atom stereocenters. The average Bonchev–Trinajstić information content (AvgIpc) is 1.87. The van der Waals surface area contributed by atoms with Crippen LogP contribution in [0.1, 0.15) is 27.2 Å². The van der Waals surface area contributed by atoms with E-state index in [1.54, 1.807) is 0 Å². The summed E-state index contributed by atoms with van der Waals surface area (Å²) >= 11 is 0. The van der Waals surface area contributed by atoms with E-state index >= 15 is 0 Å². The second-order valence-corrected chi connectivity index (χ2v) is 3.50. The summed E-state index contributed by atoms with van der Waals surface area (Å²) in [7, 11) is -2.94. The van der Waals surface area contributed by atoms with Crippen LogP contribution in [0.3, 0.4) is 0 Å². The first-order valence-corrected chi connectivity index (χ1v) is 5.40. The van der Waals surface area contributed by atoms with Gasteiger partial charge in [-0.3, -0.25) is 0 Å². The highest BCUT2D eigenvalue weighted by atomic mass is 32.2. The predicted octanol–water partition coefficient (Wildman–Crippen LogP) is 0.972. The van der Waals surface area contributed by atoms with Crippen LogP contribution in [-0.4, -0.2) is 21.2 Å². The molecule has 10 heavy (non-hydrogen) atoms. The summed E-state index contributed by atoms with van der Waals surface area (Å²) in [4.78, 5) is 0. The summed E-state index contributed by atoms with van der Waals surface area (Å²) in [5, 5.41) is 0. The van der Waals surface area contributed by atoms with Crippen LogP contribution in [0.4, 0.5) is 0 Å². The van der Waals surface area contributed by atoms with Gasteiger partial charge in [-0.2, -0.15) is 0 Å². The highest BCUT2D eigenvalue weighted by molar-refractivity contribution is 7.88. The molecular formula is C6H17NO2S. The third kappa shape index (κ3) is 15.7. The Hall–Kier alpha value is -0.0900. The number of sulfonamides is 1. The molecule has 0 spiro atoms. The molecule has 0 aliphatic heterocycles. The van der Waals surface area contributed by atoms with Crippen molar-refractivity contribution in [2.24, 2.45) is 0 Å². The lowest BCUT2D eigenvalue weighted by atomic mass is 10.5. The number of hydrogen-bond acceptors (Lipinski definition) is 2. The van der Waals surface area contributed by atoms with Gasteiger partial charge in [-0.05, 0) is 6.42 Å². The van der Waals surface area contributed by atoms with Gasteiger partial charge in [0.05, 0.1) is 6.26 Å². The highest BCUT2D eigenvalue weighted by Crippen LogP contribution is 1.74. The van der Waals surface area contributed by atoms with E-state index in [0.717, 1.165) is 12.7 Å². The maximum atomic E-state index is 10.3.